The van der Waals surface area contributed by atoms with Gasteiger partial charge in [-0.3, -0.25) is 9.10 Å². The minimum Gasteiger partial charge on any atom is -0.495 e. The quantitative estimate of drug-likeness (QED) is 0.396. The van der Waals surface area contributed by atoms with Crippen LogP contribution < -0.4 is 19.1 Å². The maximum Gasteiger partial charge on any atom is 0.264 e. The molecule has 0 aliphatic heterocycles. The summed E-state index contributed by atoms with van der Waals surface area (Å²) in [4.78, 5) is 12.9. The van der Waals surface area contributed by atoms with Crippen molar-refractivity contribution < 1.29 is 22.7 Å². The van der Waals surface area contributed by atoms with E-state index in [0.29, 0.717) is 10.8 Å². The second kappa shape index (κ2) is 11.5. The molecule has 9 heteroatoms. The van der Waals surface area contributed by atoms with Crippen molar-refractivity contribution in [2.24, 2.45) is 0 Å². The number of halogens is 1. The third kappa shape index (κ3) is 6.90. The summed E-state index contributed by atoms with van der Waals surface area (Å²) < 4.78 is 39.2. The smallest absolute Gasteiger partial charge is 0.264 e. The zero-order valence-electron chi connectivity index (χ0n) is 20.2. The third-order valence-corrected chi connectivity index (χ3v) is 7.20. The number of methoxy groups -OCH3 is 1. The first-order chi connectivity index (χ1) is 16.6. The first-order valence-corrected chi connectivity index (χ1v) is 12.8. The van der Waals surface area contributed by atoms with Gasteiger partial charge in [0, 0.05) is 5.02 Å². The summed E-state index contributed by atoms with van der Waals surface area (Å²) >= 11 is 6.16. The van der Waals surface area contributed by atoms with Gasteiger partial charge in [0.05, 0.1) is 24.2 Å². The molecule has 0 heterocycles. The van der Waals surface area contributed by atoms with E-state index in [2.05, 4.69) is 5.32 Å². The van der Waals surface area contributed by atoms with Gasteiger partial charge < -0.3 is 14.8 Å². The number of nitrogens with zero attached hydrogens (tertiary/aromatic N) is 1. The van der Waals surface area contributed by atoms with Crippen molar-refractivity contribution in [3.8, 4) is 11.5 Å². The van der Waals surface area contributed by atoms with Crippen molar-refractivity contribution in [3.63, 3.8) is 0 Å². The predicted octanol–water partition coefficient (Wildman–Crippen LogP) is 4.66. The summed E-state index contributed by atoms with van der Waals surface area (Å²) in [5.74, 6) is 0.492. The second-order valence-electron chi connectivity index (χ2n) is 8.16. The van der Waals surface area contributed by atoms with Crippen molar-refractivity contribution in [1.29, 1.82) is 0 Å². The van der Waals surface area contributed by atoms with Crippen molar-refractivity contribution in [3.05, 3.63) is 82.4 Å². The molecule has 3 rings (SSSR count). The zero-order chi connectivity index (χ0) is 25.6. The van der Waals surface area contributed by atoms with E-state index in [-0.39, 0.29) is 29.5 Å². The minimum atomic E-state index is -4.10. The Kier molecular flexibility index (Phi) is 8.64. The first kappa shape index (κ1) is 26.4. The standard InChI is InChI=1S/C26H29ClN2O5S/c1-18-5-8-23(9-6-18)35(31,32)29(24-16-21(27)7-10-25(24)33-4)17-26(30)28-11-12-34-22-14-19(2)13-20(3)15-22/h5-10,13-16H,11-12,17H2,1-4H3,(H,28,30). The number of anilines is 1. The fourth-order valence-electron chi connectivity index (χ4n) is 3.56. The summed E-state index contributed by atoms with van der Waals surface area (Å²) in [6.45, 7) is 5.80. The van der Waals surface area contributed by atoms with Crippen LogP contribution in [-0.2, 0) is 14.8 Å². The van der Waals surface area contributed by atoms with Crippen molar-refractivity contribution in [2.75, 3.05) is 31.1 Å². The van der Waals surface area contributed by atoms with E-state index < -0.39 is 22.5 Å². The van der Waals surface area contributed by atoms with Crippen LogP contribution in [0.5, 0.6) is 11.5 Å². The van der Waals surface area contributed by atoms with Gasteiger partial charge in [-0.1, -0.05) is 35.4 Å². The van der Waals surface area contributed by atoms with Crippen LogP contribution in [0.1, 0.15) is 16.7 Å². The number of benzene rings is 3. The van der Waals surface area contributed by atoms with E-state index in [1.54, 1.807) is 24.3 Å². The number of rotatable bonds is 10. The van der Waals surface area contributed by atoms with E-state index in [1.165, 1.54) is 25.3 Å². The molecular formula is C26H29ClN2O5S. The highest BCUT2D eigenvalue weighted by atomic mass is 35.5. The molecule has 3 aromatic rings. The van der Waals surface area contributed by atoms with Crippen molar-refractivity contribution in [2.45, 2.75) is 25.7 Å². The monoisotopic (exact) mass is 516 g/mol. The molecule has 0 aromatic heterocycles. The van der Waals surface area contributed by atoms with Gasteiger partial charge in [-0.2, -0.15) is 0 Å². The molecule has 0 atom stereocenters. The van der Waals surface area contributed by atoms with E-state index in [1.807, 2.05) is 39.0 Å². The van der Waals surface area contributed by atoms with Crippen LogP contribution in [-0.4, -0.2) is 41.1 Å². The van der Waals surface area contributed by atoms with Gasteiger partial charge in [-0.25, -0.2) is 8.42 Å². The lowest BCUT2D eigenvalue weighted by Gasteiger charge is -2.26. The average molecular weight is 517 g/mol. The molecular weight excluding hydrogens is 488 g/mol. The van der Waals surface area contributed by atoms with Crippen LogP contribution in [0.15, 0.2) is 65.6 Å². The highest BCUT2D eigenvalue weighted by Gasteiger charge is 2.29. The molecule has 7 nitrogen and oxygen atoms in total. The van der Waals surface area contributed by atoms with Crippen LogP contribution in [0.3, 0.4) is 0 Å². The third-order valence-electron chi connectivity index (χ3n) is 5.19. The fraction of sp³-hybridized carbons (Fsp3) is 0.269. The largest absolute Gasteiger partial charge is 0.495 e. The summed E-state index contributed by atoms with van der Waals surface area (Å²) in [7, 11) is -2.67. The fourth-order valence-corrected chi connectivity index (χ4v) is 5.15. The molecule has 0 bridgehead atoms. The molecule has 0 spiro atoms. The molecule has 1 N–H and O–H groups in total. The van der Waals surface area contributed by atoms with Crippen LogP contribution in [0.4, 0.5) is 5.69 Å². The normalized spacial score (nSPS) is 11.1. The van der Waals surface area contributed by atoms with Gasteiger partial charge in [0.2, 0.25) is 5.91 Å². The van der Waals surface area contributed by atoms with Gasteiger partial charge >= 0.3 is 0 Å². The Morgan fingerprint density at radius 3 is 2.23 bits per heavy atom. The number of nitrogens with one attached hydrogen (secondary N) is 1. The predicted molar refractivity (Wildman–Crippen MR) is 138 cm³/mol. The Morgan fingerprint density at radius 2 is 1.60 bits per heavy atom. The van der Waals surface area contributed by atoms with Crippen molar-refractivity contribution >= 4 is 33.2 Å². The molecule has 0 radical (unpaired) electrons. The molecule has 186 valence electrons. The molecule has 1 amide bonds. The van der Waals surface area contributed by atoms with E-state index in [4.69, 9.17) is 21.1 Å². The Balaban J connectivity index is 1.78. The Bertz CT molecular complexity index is 1270. The number of carbonyl (C=O) groups is 1. The molecule has 0 saturated carbocycles. The molecule has 0 unspecified atom stereocenters. The van der Waals surface area contributed by atoms with E-state index in [0.717, 1.165) is 21.0 Å². The number of hydrogen-bond acceptors (Lipinski definition) is 5. The van der Waals surface area contributed by atoms with Crippen molar-refractivity contribution in [1.82, 2.24) is 5.32 Å². The Hall–Kier alpha value is -3.23. The van der Waals surface area contributed by atoms with Crippen LogP contribution in [0.2, 0.25) is 5.02 Å². The lowest BCUT2D eigenvalue weighted by molar-refractivity contribution is -0.119. The summed E-state index contributed by atoms with van der Waals surface area (Å²) in [6.07, 6.45) is 0. The van der Waals surface area contributed by atoms with E-state index >= 15 is 0 Å². The molecule has 0 saturated heterocycles. The van der Waals surface area contributed by atoms with Crippen LogP contribution >= 0.6 is 11.6 Å². The average Bonchev–Trinajstić information content (AvgIpc) is 2.80. The zero-order valence-corrected chi connectivity index (χ0v) is 21.7. The number of carbonyl (C=O) groups excluding carboxylic acids is 1. The molecule has 0 aliphatic rings. The van der Waals surface area contributed by atoms with Gasteiger partial charge in [-0.05, 0) is 74.4 Å². The number of amides is 1. The highest BCUT2D eigenvalue weighted by molar-refractivity contribution is 7.92. The summed E-state index contributed by atoms with van der Waals surface area (Å²) in [6, 6.07) is 16.9. The summed E-state index contributed by atoms with van der Waals surface area (Å²) in [5, 5.41) is 3.04. The number of hydrogen-bond donors (Lipinski definition) is 1. The number of ether oxygens (including phenoxy) is 2. The minimum absolute atomic E-state index is 0.0519. The lowest BCUT2D eigenvalue weighted by atomic mass is 10.1. The maximum absolute atomic E-state index is 13.6. The second-order valence-corrected chi connectivity index (χ2v) is 10.5. The van der Waals surface area contributed by atoms with Gasteiger partial charge in [0.1, 0.15) is 24.7 Å². The molecule has 0 aliphatic carbocycles. The molecule has 35 heavy (non-hydrogen) atoms. The molecule has 0 fully saturated rings. The van der Waals surface area contributed by atoms with Gasteiger partial charge in [0.15, 0.2) is 0 Å². The lowest BCUT2D eigenvalue weighted by Crippen LogP contribution is -2.42. The summed E-state index contributed by atoms with van der Waals surface area (Å²) in [5.41, 5.74) is 3.24. The van der Waals surface area contributed by atoms with Crippen LogP contribution in [0, 0.1) is 20.8 Å². The van der Waals surface area contributed by atoms with Crippen LogP contribution in [0.25, 0.3) is 0 Å². The SMILES string of the molecule is COc1ccc(Cl)cc1N(CC(=O)NCCOc1cc(C)cc(C)c1)S(=O)(=O)c1ccc(C)cc1. The van der Waals surface area contributed by atoms with Gasteiger partial charge in [-0.15, -0.1) is 0 Å². The topological polar surface area (TPSA) is 84.9 Å². The molecule has 3 aromatic carbocycles. The number of sulfonamides is 1. The highest BCUT2D eigenvalue weighted by Crippen LogP contribution is 2.34. The number of aryl methyl sites for hydroxylation is 3. The maximum atomic E-state index is 13.6. The van der Waals surface area contributed by atoms with Gasteiger partial charge in [0.25, 0.3) is 10.0 Å². The van der Waals surface area contributed by atoms with E-state index in [9.17, 15) is 13.2 Å². The Labute approximate surface area is 211 Å². The Morgan fingerprint density at radius 1 is 0.943 bits per heavy atom. The first-order valence-electron chi connectivity index (χ1n) is 11.0.